The average Bonchev–Trinajstić information content (AvgIpc) is 2.22. The Balaban J connectivity index is 2.73. The topological polar surface area (TPSA) is 35.8 Å². The normalized spacial score (nSPS) is 11.2. The van der Waals surface area contributed by atoms with Crippen molar-refractivity contribution in [3.05, 3.63) is 35.1 Å². The first-order chi connectivity index (χ1) is 7.93. The molecule has 1 N–H and O–H groups in total. The summed E-state index contributed by atoms with van der Waals surface area (Å²) in [6.45, 7) is 0.455. The van der Waals surface area contributed by atoms with E-state index in [1.807, 2.05) is 6.07 Å². The van der Waals surface area contributed by atoms with E-state index in [0.29, 0.717) is 12.6 Å². The summed E-state index contributed by atoms with van der Waals surface area (Å²) in [5.41, 5.74) is -0.801. The van der Waals surface area contributed by atoms with Gasteiger partial charge in [0.1, 0.15) is 5.82 Å². The number of nitrogens with zero attached hydrogens (tertiary/aromatic N) is 1. The van der Waals surface area contributed by atoms with Crippen molar-refractivity contribution in [1.82, 2.24) is 5.32 Å². The Morgan fingerprint density at radius 2 is 1.94 bits per heavy atom. The maximum atomic E-state index is 13.0. The van der Waals surface area contributed by atoms with Gasteiger partial charge in [0.25, 0.3) is 0 Å². The lowest BCUT2D eigenvalue weighted by Crippen LogP contribution is -2.15. The maximum absolute atomic E-state index is 13.0. The SMILES string of the molecule is N#CCCNCc1cc(F)cc(C(F)(F)F)c1. The number of nitriles is 1. The third-order valence-corrected chi connectivity index (χ3v) is 2.03. The first-order valence-corrected chi connectivity index (χ1v) is 4.88. The van der Waals surface area contributed by atoms with Crippen molar-refractivity contribution in [1.29, 1.82) is 5.26 Å². The van der Waals surface area contributed by atoms with Gasteiger partial charge in [-0.05, 0) is 23.8 Å². The van der Waals surface area contributed by atoms with Gasteiger partial charge >= 0.3 is 6.18 Å². The Morgan fingerprint density at radius 3 is 2.53 bits per heavy atom. The first kappa shape index (κ1) is 13.5. The van der Waals surface area contributed by atoms with E-state index in [9.17, 15) is 17.6 Å². The molecule has 0 fully saturated rings. The largest absolute Gasteiger partial charge is 0.416 e. The minimum atomic E-state index is -4.55. The molecule has 0 amide bonds. The van der Waals surface area contributed by atoms with Gasteiger partial charge in [-0.25, -0.2) is 4.39 Å². The van der Waals surface area contributed by atoms with E-state index in [1.54, 1.807) is 0 Å². The Bertz CT molecular complexity index is 420. The zero-order valence-corrected chi connectivity index (χ0v) is 8.81. The number of halogens is 4. The zero-order chi connectivity index (χ0) is 12.9. The fourth-order valence-corrected chi connectivity index (χ4v) is 1.29. The average molecular weight is 246 g/mol. The summed E-state index contributed by atoms with van der Waals surface area (Å²) in [6.07, 6.45) is -4.30. The minimum Gasteiger partial charge on any atom is -0.312 e. The molecular weight excluding hydrogens is 236 g/mol. The van der Waals surface area contributed by atoms with Crippen LogP contribution in [-0.4, -0.2) is 6.54 Å². The molecule has 0 aliphatic heterocycles. The second kappa shape index (κ2) is 5.64. The van der Waals surface area contributed by atoms with Gasteiger partial charge in [0.2, 0.25) is 0 Å². The van der Waals surface area contributed by atoms with Gasteiger partial charge in [0.15, 0.2) is 0 Å². The minimum absolute atomic E-state index is 0.0997. The third-order valence-electron chi connectivity index (χ3n) is 2.03. The van der Waals surface area contributed by atoms with Crippen LogP contribution >= 0.6 is 0 Å². The molecule has 0 aliphatic rings. The molecule has 0 bridgehead atoms. The number of benzene rings is 1. The van der Waals surface area contributed by atoms with Crippen molar-refractivity contribution in [2.75, 3.05) is 6.54 Å². The summed E-state index contributed by atoms with van der Waals surface area (Å²) < 4.78 is 50.0. The van der Waals surface area contributed by atoms with Gasteiger partial charge in [-0.2, -0.15) is 18.4 Å². The summed E-state index contributed by atoms with van der Waals surface area (Å²) >= 11 is 0. The van der Waals surface area contributed by atoms with E-state index in [-0.39, 0.29) is 18.5 Å². The van der Waals surface area contributed by atoms with Crippen LogP contribution in [0.4, 0.5) is 17.6 Å². The highest BCUT2D eigenvalue weighted by molar-refractivity contribution is 5.26. The Hall–Kier alpha value is -1.61. The fraction of sp³-hybridized carbons (Fsp3) is 0.364. The Morgan fingerprint density at radius 1 is 1.24 bits per heavy atom. The molecule has 0 unspecified atom stereocenters. The molecule has 1 rings (SSSR count). The van der Waals surface area contributed by atoms with Crippen molar-refractivity contribution < 1.29 is 17.6 Å². The van der Waals surface area contributed by atoms with Crippen LogP contribution in [0.2, 0.25) is 0 Å². The summed E-state index contributed by atoms with van der Waals surface area (Å²) in [5, 5.41) is 11.0. The fourth-order valence-electron chi connectivity index (χ4n) is 1.29. The van der Waals surface area contributed by atoms with E-state index in [2.05, 4.69) is 5.32 Å². The van der Waals surface area contributed by atoms with Crippen LogP contribution in [0.5, 0.6) is 0 Å². The molecule has 0 saturated carbocycles. The van der Waals surface area contributed by atoms with E-state index in [1.165, 1.54) is 0 Å². The second-order valence-corrected chi connectivity index (χ2v) is 3.43. The molecule has 2 nitrogen and oxygen atoms in total. The van der Waals surface area contributed by atoms with Crippen molar-refractivity contribution in [2.24, 2.45) is 0 Å². The zero-order valence-electron chi connectivity index (χ0n) is 8.81. The Labute approximate surface area is 95.9 Å². The lowest BCUT2D eigenvalue weighted by atomic mass is 10.1. The van der Waals surface area contributed by atoms with Gasteiger partial charge < -0.3 is 5.32 Å². The number of rotatable bonds is 4. The molecule has 0 radical (unpaired) electrons. The Kier molecular flexibility index (Phi) is 4.46. The van der Waals surface area contributed by atoms with Crippen LogP contribution in [0.1, 0.15) is 17.5 Å². The predicted molar refractivity (Wildman–Crippen MR) is 53.3 cm³/mol. The van der Waals surface area contributed by atoms with Crippen molar-refractivity contribution >= 4 is 0 Å². The number of hydrogen-bond acceptors (Lipinski definition) is 2. The van der Waals surface area contributed by atoms with Crippen LogP contribution in [-0.2, 0) is 12.7 Å². The van der Waals surface area contributed by atoms with E-state index < -0.39 is 17.6 Å². The van der Waals surface area contributed by atoms with Crippen molar-refractivity contribution in [3.63, 3.8) is 0 Å². The number of hydrogen-bond donors (Lipinski definition) is 1. The molecular formula is C11H10F4N2. The van der Waals surface area contributed by atoms with E-state index in [4.69, 9.17) is 5.26 Å². The highest BCUT2D eigenvalue weighted by atomic mass is 19.4. The standard InChI is InChI=1S/C11H10F4N2/c12-10-5-8(7-17-3-1-2-16)4-9(6-10)11(13,14)15/h4-6,17H,1,3,7H2. The molecule has 92 valence electrons. The summed E-state index contributed by atoms with van der Waals surface area (Å²) in [7, 11) is 0. The third kappa shape index (κ3) is 4.41. The molecule has 0 aromatic heterocycles. The van der Waals surface area contributed by atoms with Crippen molar-refractivity contribution in [3.8, 4) is 6.07 Å². The molecule has 0 aliphatic carbocycles. The summed E-state index contributed by atoms with van der Waals surface area (Å²) in [4.78, 5) is 0. The summed E-state index contributed by atoms with van der Waals surface area (Å²) in [5.74, 6) is -0.920. The van der Waals surface area contributed by atoms with Gasteiger partial charge in [-0.15, -0.1) is 0 Å². The van der Waals surface area contributed by atoms with Crippen LogP contribution in [0, 0.1) is 17.1 Å². The molecule has 6 heteroatoms. The van der Waals surface area contributed by atoms with Crippen LogP contribution in [0.15, 0.2) is 18.2 Å². The molecule has 1 aromatic rings. The molecule has 17 heavy (non-hydrogen) atoms. The van der Waals surface area contributed by atoms with Crippen molar-refractivity contribution in [2.45, 2.75) is 19.1 Å². The van der Waals surface area contributed by atoms with Gasteiger partial charge in [-0.3, -0.25) is 0 Å². The maximum Gasteiger partial charge on any atom is 0.416 e. The molecule has 0 saturated heterocycles. The summed E-state index contributed by atoms with van der Waals surface area (Å²) in [6, 6.07) is 4.27. The van der Waals surface area contributed by atoms with Gasteiger partial charge in [0, 0.05) is 19.5 Å². The lowest BCUT2D eigenvalue weighted by molar-refractivity contribution is -0.137. The monoisotopic (exact) mass is 246 g/mol. The molecule has 0 atom stereocenters. The molecule has 1 aromatic carbocycles. The molecule has 0 spiro atoms. The quantitative estimate of drug-likeness (QED) is 0.655. The predicted octanol–water partition coefficient (Wildman–Crippen LogP) is 2.85. The molecule has 0 heterocycles. The lowest BCUT2D eigenvalue weighted by Gasteiger charge is -2.09. The smallest absolute Gasteiger partial charge is 0.312 e. The second-order valence-electron chi connectivity index (χ2n) is 3.43. The van der Waals surface area contributed by atoms with E-state index in [0.717, 1.165) is 12.1 Å². The van der Waals surface area contributed by atoms with E-state index >= 15 is 0 Å². The van der Waals surface area contributed by atoms with Crippen LogP contribution in [0.25, 0.3) is 0 Å². The number of alkyl halides is 3. The van der Waals surface area contributed by atoms with Crippen LogP contribution in [0.3, 0.4) is 0 Å². The van der Waals surface area contributed by atoms with Gasteiger partial charge in [0.05, 0.1) is 11.6 Å². The highest BCUT2D eigenvalue weighted by Crippen LogP contribution is 2.30. The van der Waals surface area contributed by atoms with Crippen LogP contribution < -0.4 is 5.32 Å². The first-order valence-electron chi connectivity index (χ1n) is 4.88. The number of nitrogens with one attached hydrogen (secondary N) is 1. The van der Waals surface area contributed by atoms with Gasteiger partial charge in [-0.1, -0.05) is 0 Å². The highest BCUT2D eigenvalue weighted by Gasteiger charge is 2.31.